The molecule has 0 aliphatic rings. The van der Waals surface area contributed by atoms with Gasteiger partial charge < -0.3 is 5.73 Å². The van der Waals surface area contributed by atoms with Crippen LogP contribution in [0.1, 0.15) is 47.0 Å². The van der Waals surface area contributed by atoms with E-state index in [0.717, 1.165) is 19.3 Å². The second kappa shape index (κ2) is 7.08. The Morgan fingerprint density at radius 3 is 2.55 bits per heavy atom. The Hall–Kier alpha value is -1.08. The van der Waals surface area contributed by atoms with Gasteiger partial charge in [-0.25, -0.2) is 13.1 Å². The smallest absolute Gasteiger partial charge is 0.246 e. The molecule has 1 rings (SSSR count). The van der Waals surface area contributed by atoms with Crippen LogP contribution in [-0.2, 0) is 16.6 Å². The second-order valence-corrected chi connectivity index (χ2v) is 7.32. The van der Waals surface area contributed by atoms with Gasteiger partial charge in [0, 0.05) is 18.8 Å². The van der Waals surface area contributed by atoms with E-state index in [4.69, 9.17) is 5.73 Å². The maximum Gasteiger partial charge on any atom is 0.246 e. The van der Waals surface area contributed by atoms with Crippen molar-refractivity contribution < 1.29 is 8.42 Å². The Labute approximate surface area is 121 Å². The first-order valence-corrected chi connectivity index (χ1v) is 8.59. The lowest BCUT2D eigenvalue weighted by Crippen LogP contribution is -2.33. The standard InChI is InChI=1S/C13H26N4O2S/c1-5-8-17-9-12(13(14)15-17)20(18,19)16-11(4)7-6-10(2)3/h9-11,16H,5-8H2,1-4H3,(H2,14,15). The van der Waals surface area contributed by atoms with Crippen molar-refractivity contribution in [2.45, 2.75) is 64.4 Å². The van der Waals surface area contributed by atoms with Crippen molar-refractivity contribution in [2.75, 3.05) is 5.73 Å². The summed E-state index contributed by atoms with van der Waals surface area (Å²) in [5.41, 5.74) is 5.70. The molecule has 116 valence electrons. The van der Waals surface area contributed by atoms with Crippen molar-refractivity contribution in [1.29, 1.82) is 0 Å². The third kappa shape index (κ3) is 4.79. The molecule has 1 atom stereocenters. The van der Waals surface area contributed by atoms with Crippen molar-refractivity contribution in [3.05, 3.63) is 6.20 Å². The number of nitrogens with one attached hydrogen (secondary N) is 1. The molecule has 0 spiro atoms. The van der Waals surface area contributed by atoms with Crippen molar-refractivity contribution in [3.8, 4) is 0 Å². The number of nitrogen functional groups attached to an aromatic ring is 1. The van der Waals surface area contributed by atoms with E-state index in [1.807, 2.05) is 13.8 Å². The summed E-state index contributed by atoms with van der Waals surface area (Å²) in [6.45, 7) is 8.76. The van der Waals surface area contributed by atoms with Gasteiger partial charge in [0.05, 0.1) is 0 Å². The van der Waals surface area contributed by atoms with E-state index in [1.165, 1.54) is 6.20 Å². The number of anilines is 1. The van der Waals surface area contributed by atoms with Crippen LogP contribution in [-0.4, -0.2) is 24.2 Å². The van der Waals surface area contributed by atoms with Gasteiger partial charge in [0.2, 0.25) is 10.0 Å². The van der Waals surface area contributed by atoms with Crippen molar-refractivity contribution in [3.63, 3.8) is 0 Å². The number of hydrogen-bond acceptors (Lipinski definition) is 4. The van der Waals surface area contributed by atoms with Crippen molar-refractivity contribution in [2.24, 2.45) is 5.92 Å². The molecule has 0 fully saturated rings. The molecule has 3 N–H and O–H groups in total. The molecule has 0 aliphatic heterocycles. The van der Waals surface area contributed by atoms with Gasteiger partial charge >= 0.3 is 0 Å². The van der Waals surface area contributed by atoms with Gasteiger partial charge in [0.1, 0.15) is 4.90 Å². The molecule has 0 amide bonds. The predicted octanol–water partition coefficient (Wildman–Crippen LogP) is 1.98. The van der Waals surface area contributed by atoms with E-state index in [0.29, 0.717) is 12.5 Å². The highest BCUT2D eigenvalue weighted by Crippen LogP contribution is 2.17. The Bertz CT molecular complexity index is 522. The number of nitrogens with zero attached hydrogens (tertiary/aromatic N) is 2. The largest absolute Gasteiger partial charge is 0.381 e. The quantitative estimate of drug-likeness (QED) is 0.768. The maximum absolute atomic E-state index is 12.3. The summed E-state index contributed by atoms with van der Waals surface area (Å²) in [6.07, 6.45) is 4.16. The first-order chi connectivity index (χ1) is 9.26. The lowest BCUT2D eigenvalue weighted by molar-refractivity contribution is 0.485. The van der Waals surface area contributed by atoms with Crippen molar-refractivity contribution in [1.82, 2.24) is 14.5 Å². The molecular formula is C13H26N4O2S. The highest BCUT2D eigenvalue weighted by molar-refractivity contribution is 7.89. The number of aryl methyl sites for hydroxylation is 1. The number of nitrogens with two attached hydrogens (primary N) is 1. The third-order valence-corrected chi connectivity index (χ3v) is 4.64. The molecule has 0 radical (unpaired) electrons. The minimum absolute atomic E-state index is 0.0574. The van der Waals surface area contributed by atoms with E-state index in [9.17, 15) is 8.42 Å². The Morgan fingerprint density at radius 2 is 2.00 bits per heavy atom. The highest BCUT2D eigenvalue weighted by Gasteiger charge is 2.23. The van der Waals surface area contributed by atoms with Crippen LogP contribution in [0, 0.1) is 5.92 Å². The molecule has 0 aromatic carbocycles. The number of hydrogen-bond donors (Lipinski definition) is 2. The molecule has 1 aromatic heterocycles. The van der Waals surface area contributed by atoms with E-state index < -0.39 is 10.0 Å². The maximum atomic E-state index is 12.3. The average molecular weight is 302 g/mol. The topological polar surface area (TPSA) is 90.0 Å². The molecule has 0 bridgehead atoms. The zero-order valence-electron chi connectivity index (χ0n) is 12.8. The third-order valence-electron chi connectivity index (χ3n) is 3.03. The lowest BCUT2D eigenvalue weighted by atomic mass is 10.1. The zero-order chi connectivity index (χ0) is 15.3. The average Bonchev–Trinajstić information content (AvgIpc) is 2.68. The molecule has 0 saturated carbocycles. The van der Waals surface area contributed by atoms with Gasteiger partial charge in [0.25, 0.3) is 0 Å². The van der Waals surface area contributed by atoms with E-state index in [1.54, 1.807) is 4.68 Å². The van der Waals surface area contributed by atoms with Gasteiger partial charge in [-0.05, 0) is 32.1 Å². The summed E-state index contributed by atoms with van der Waals surface area (Å²) in [7, 11) is -3.59. The van der Waals surface area contributed by atoms with E-state index in [2.05, 4.69) is 23.7 Å². The second-order valence-electron chi connectivity index (χ2n) is 5.64. The minimum Gasteiger partial charge on any atom is -0.381 e. The van der Waals surface area contributed by atoms with Crippen LogP contribution in [0.25, 0.3) is 0 Å². The summed E-state index contributed by atoms with van der Waals surface area (Å²) in [5, 5.41) is 4.02. The fourth-order valence-electron chi connectivity index (χ4n) is 1.94. The van der Waals surface area contributed by atoms with Crippen LogP contribution in [0.4, 0.5) is 5.82 Å². The Morgan fingerprint density at radius 1 is 1.35 bits per heavy atom. The minimum atomic E-state index is -3.59. The molecule has 20 heavy (non-hydrogen) atoms. The lowest BCUT2D eigenvalue weighted by Gasteiger charge is -2.14. The van der Waals surface area contributed by atoms with Crippen LogP contribution in [0.2, 0.25) is 0 Å². The summed E-state index contributed by atoms with van der Waals surface area (Å²) in [6, 6.07) is -0.115. The fourth-order valence-corrected chi connectivity index (χ4v) is 3.29. The number of rotatable bonds is 8. The van der Waals surface area contributed by atoms with Gasteiger partial charge in [-0.1, -0.05) is 20.8 Å². The molecule has 0 aliphatic carbocycles. The molecule has 0 saturated heterocycles. The van der Waals surface area contributed by atoms with Gasteiger partial charge in [0.15, 0.2) is 5.82 Å². The zero-order valence-corrected chi connectivity index (χ0v) is 13.6. The predicted molar refractivity (Wildman–Crippen MR) is 80.8 cm³/mol. The van der Waals surface area contributed by atoms with Crippen molar-refractivity contribution >= 4 is 15.8 Å². The fraction of sp³-hybridized carbons (Fsp3) is 0.769. The van der Waals surface area contributed by atoms with E-state index in [-0.39, 0.29) is 16.8 Å². The molecule has 1 aromatic rings. The molecule has 6 nitrogen and oxygen atoms in total. The summed E-state index contributed by atoms with van der Waals surface area (Å²) in [5.74, 6) is 0.612. The Balaban J connectivity index is 2.77. The number of sulfonamides is 1. The molecule has 1 unspecified atom stereocenters. The van der Waals surface area contributed by atoms with Crippen LogP contribution in [0.5, 0.6) is 0 Å². The normalized spacial score (nSPS) is 13.8. The van der Waals surface area contributed by atoms with Crippen LogP contribution < -0.4 is 10.5 Å². The van der Waals surface area contributed by atoms with Gasteiger partial charge in [-0.3, -0.25) is 4.68 Å². The molecular weight excluding hydrogens is 276 g/mol. The monoisotopic (exact) mass is 302 g/mol. The van der Waals surface area contributed by atoms with Crippen LogP contribution in [0.15, 0.2) is 11.1 Å². The van der Waals surface area contributed by atoms with Gasteiger partial charge in [-0.15, -0.1) is 0 Å². The van der Waals surface area contributed by atoms with E-state index >= 15 is 0 Å². The highest BCUT2D eigenvalue weighted by atomic mass is 32.2. The SMILES string of the molecule is CCCn1cc(S(=O)(=O)NC(C)CCC(C)C)c(N)n1. The summed E-state index contributed by atoms with van der Waals surface area (Å²) < 4.78 is 28.8. The number of aromatic nitrogens is 2. The molecule has 1 heterocycles. The Kier molecular flexibility index (Phi) is 6.01. The first kappa shape index (κ1) is 17.0. The summed E-state index contributed by atoms with van der Waals surface area (Å²) in [4.78, 5) is 0.0716. The van der Waals surface area contributed by atoms with Crippen LogP contribution >= 0.6 is 0 Å². The van der Waals surface area contributed by atoms with Gasteiger partial charge in [-0.2, -0.15) is 5.10 Å². The first-order valence-electron chi connectivity index (χ1n) is 7.11. The summed E-state index contributed by atoms with van der Waals surface area (Å²) >= 11 is 0. The molecule has 7 heteroatoms. The van der Waals surface area contributed by atoms with Crippen LogP contribution in [0.3, 0.4) is 0 Å².